The molecule has 0 aromatic carbocycles. The highest BCUT2D eigenvalue weighted by Crippen LogP contribution is 2.40. The van der Waals surface area contributed by atoms with E-state index in [4.69, 9.17) is 0 Å². The van der Waals surface area contributed by atoms with Crippen molar-refractivity contribution >= 4 is 10.4 Å². The van der Waals surface area contributed by atoms with E-state index >= 15 is 0 Å². The van der Waals surface area contributed by atoms with Crippen LogP contribution in [0.4, 0.5) is 43.9 Å². The molecule has 0 radical (unpaired) electrons. The SMILES string of the molecule is CC(F)C(F)(F)C(F)(F)COS(=O)(=O)OCC(F)(F)C(F)(F)C(C)F. The number of rotatable bonds is 10. The van der Waals surface area contributed by atoms with Crippen molar-refractivity contribution in [1.29, 1.82) is 0 Å². The Hall–Kier alpha value is -0.830. The highest BCUT2D eigenvalue weighted by molar-refractivity contribution is 7.81. The molecular weight excluding hydrogens is 406 g/mol. The van der Waals surface area contributed by atoms with E-state index in [1.807, 2.05) is 0 Å². The van der Waals surface area contributed by atoms with Gasteiger partial charge in [0.1, 0.15) is 13.2 Å². The first-order valence-electron chi connectivity index (χ1n) is 6.13. The molecule has 0 heterocycles. The van der Waals surface area contributed by atoms with Gasteiger partial charge in [-0.2, -0.15) is 43.5 Å². The van der Waals surface area contributed by atoms with Crippen molar-refractivity contribution in [3.05, 3.63) is 0 Å². The molecule has 0 saturated heterocycles. The van der Waals surface area contributed by atoms with Gasteiger partial charge in [-0.1, -0.05) is 0 Å². The molecule has 0 aliphatic rings. The summed E-state index contributed by atoms with van der Waals surface area (Å²) in [6.07, 6.45) is -6.88. The first kappa shape index (κ1) is 24.2. The van der Waals surface area contributed by atoms with E-state index in [9.17, 15) is 52.3 Å². The largest absolute Gasteiger partial charge is 0.400 e. The Morgan fingerprint density at radius 2 is 0.960 bits per heavy atom. The number of hydrogen-bond donors (Lipinski definition) is 0. The lowest BCUT2D eigenvalue weighted by Crippen LogP contribution is -2.51. The van der Waals surface area contributed by atoms with Crippen molar-refractivity contribution in [3.63, 3.8) is 0 Å². The zero-order chi connectivity index (χ0) is 20.5. The van der Waals surface area contributed by atoms with Gasteiger partial charge in [0.15, 0.2) is 12.3 Å². The van der Waals surface area contributed by atoms with Crippen LogP contribution < -0.4 is 0 Å². The van der Waals surface area contributed by atoms with Crippen molar-refractivity contribution < 1.29 is 60.7 Å². The molecule has 2 unspecified atom stereocenters. The lowest BCUT2D eigenvalue weighted by atomic mass is 10.1. The lowest BCUT2D eigenvalue weighted by Gasteiger charge is -2.28. The van der Waals surface area contributed by atoms with Crippen molar-refractivity contribution in [2.75, 3.05) is 13.2 Å². The van der Waals surface area contributed by atoms with Gasteiger partial charge in [0.25, 0.3) is 0 Å². The Morgan fingerprint density at radius 1 is 0.720 bits per heavy atom. The van der Waals surface area contributed by atoms with E-state index < -0.39 is 59.6 Å². The lowest BCUT2D eigenvalue weighted by molar-refractivity contribution is -0.250. The minimum absolute atomic E-state index is 0.0275. The number of hydrogen-bond acceptors (Lipinski definition) is 4. The zero-order valence-corrected chi connectivity index (χ0v) is 13.2. The van der Waals surface area contributed by atoms with Crippen LogP contribution in [-0.2, 0) is 18.8 Å². The minimum atomic E-state index is -5.89. The second-order valence-corrected chi connectivity index (χ2v) is 6.11. The molecule has 0 saturated carbocycles. The highest BCUT2D eigenvalue weighted by Gasteiger charge is 2.62. The fraction of sp³-hybridized carbons (Fsp3) is 1.00. The molecule has 0 rings (SSSR count). The molecule has 25 heavy (non-hydrogen) atoms. The van der Waals surface area contributed by atoms with Gasteiger partial charge >= 0.3 is 34.1 Å². The molecule has 2 atom stereocenters. The van der Waals surface area contributed by atoms with Gasteiger partial charge in [-0.05, 0) is 13.8 Å². The van der Waals surface area contributed by atoms with Crippen LogP contribution in [0.3, 0.4) is 0 Å². The number of halogens is 10. The predicted octanol–water partition coefficient (Wildman–Crippen LogP) is 3.52. The summed E-state index contributed by atoms with van der Waals surface area (Å²) in [6.45, 7) is -5.39. The van der Waals surface area contributed by atoms with Crippen LogP contribution in [0.1, 0.15) is 13.8 Å². The molecule has 15 heteroatoms. The van der Waals surface area contributed by atoms with Crippen LogP contribution in [0.15, 0.2) is 0 Å². The van der Waals surface area contributed by atoms with E-state index in [1.165, 1.54) is 0 Å². The molecule has 0 spiro atoms. The summed E-state index contributed by atoms with van der Waals surface area (Å²) in [4.78, 5) is 0. The molecule has 0 N–H and O–H groups in total. The fourth-order valence-corrected chi connectivity index (χ4v) is 1.75. The monoisotopic (exact) mass is 418 g/mol. The quantitative estimate of drug-likeness (QED) is 0.510. The molecule has 0 aliphatic carbocycles. The third-order valence-electron chi connectivity index (χ3n) is 2.74. The van der Waals surface area contributed by atoms with Crippen LogP contribution in [0, 0.1) is 0 Å². The Kier molecular flexibility index (Phi) is 7.18. The third-order valence-corrected chi connectivity index (χ3v) is 3.56. The standard InChI is InChI=1S/C10H12F10O4S/c1-5(11)9(17,18)7(13,14)3-23-25(21,22)24-4-8(15,16)10(19,20)6(2)12/h5-6H,3-4H2,1-2H3. The summed E-state index contributed by atoms with van der Waals surface area (Å²) in [5, 5.41) is 0. The Bertz CT molecular complexity index is 504. The minimum Gasteiger partial charge on any atom is -0.242 e. The molecular formula is C10H12F10O4S. The summed E-state index contributed by atoms with van der Waals surface area (Å²) in [5.74, 6) is -21.6. The van der Waals surface area contributed by atoms with Gasteiger partial charge in [0.05, 0.1) is 0 Å². The molecule has 152 valence electrons. The van der Waals surface area contributed by atoms with Crippen LogP contribution >= 0.6 is 0 Å². The van der Waals surface area contributed by atoms with Gasteiger partial charge in [-0.3, -0.25) is 0 Å². The topological polar surface area (TPSA) is 52.6 Å². The fourth-order valence-electron chi connectivity index (χ4n) is 1.10. The molecule has 4 nitrogen and oxygen atoms in total. The summed E-state index contributed by atoms with van der Waals surface area (Å²) >= 11 is 0. The second-order valence-electron chi connectivity index (χ2n) is 4.82. The van der Waals surface area contributed by atoms with Crippen molar-refractivity contribution in [2.45, 2.75) is 49.9 Å². The van der Waals surface area contributed by atoms with Crippen molar-refractivity contribution in [2.24, 2.45) is 0 Å². The van der Waals surface area contributed by atoms with Crippen LogP contribution in [0.5, 0.6) is 0 Å². The zero-order valence-electron chi connectivity index (χ0n) is 12.4. The third kappa shape index (κ3) is 5.57. The van der Waals surface area contributed by atoms with Gasteiger partial charge < -0.3 is 0 Å². The normalized spacial score (nSPS) is 17.4. The maximum Gasteiger partial charge on any atom is 0.400 e. The maximum atomic E-state index is 13.0. The molecule has 0 aromatic rings. The van der Waals surface area contributed by atoms with Crippen LogP contribution in [0.25, 0.3) is 0 Å². The first-order valence-corrected chi connectivity index (χ1v) is 7.46. The van der Waals surface area contributed by atoms with E-state index in [0.29, 0.717) is 0 Å². The first-order chi connectivity index (χ1) is 10.8. The molecule has 0 aliphatic heterocycles. The van der Waals surface area contributed by atoms with E-state index in [1.54, 1.807) is 0 Å². The molecule has 0 amide bonds. The van der Waals surface area contributed by atoms with Crippen LogP contribution in [-0.4, -0.2) is 57.7 Å². The Labute approximate surface area is 135 Å². The van der Waals surface area contributed by atoms with E-state index in [-0.39, 0.29) is 13.8 Å². The Morgan fingerprint density at radius 3 is 1.16 bits per heavy atom. The van der Waals surface area contributed by atoms with E-state index in [0.717, 1.165) is 0 Å². The smallest absolute Gasteiger partial charge is 0.242 e. The van der Waals surface area contributed by atoms with Crippen molar-refractivity contribution in [3.8, 4) is 0 Å². The van der Waals surface area contributed by atoms with Crippen molar-refractivity contribution in [1.82, 2.24) is 0 Å². The predicted molar refractivity (Wildman–Crippen MR) is 61.8 cm³/mol. The summed E-state index contributed by atoms with van der Waals surface area (Å²) in [5.41, 5.74) is 0. The van der Waals surface area contributed by atoms with Gasteiger partial charge in [0, 0.05) is 0 Å². The van der Waals surface area contributed by atoms with Gasteiger partial charge in [-0.25, -0.2) is 17.1 Å². The summed E-state index contributed by atoms with van der Waals surface area (Å²) in [7, 11) is -5.89. The summed E-state index contributed by atoms with van der Waals surface area (Å²) < 4.78 is 156. The maximum absolute atomic E-state index is 13.0. The average Bonchev–Trinajstić information content (AvgIpc) is 2.43. The van der Waals surface area contributed by atoms with E-state index in [2.05, 4.69) is 8.37 Å². The van der Waals surface area contributed by atoms with Gasteiger partial charge in [-0.15, -0.1) is 0 Å². The second kappa shape index (κ2) is 7.42. The van der Waals surface area contributed by atoms with Crippen LogP contribution in [0.2, 0.25) is 0 Å². The average molecular weight is 418 g/mol. The molecule has 0 fully saturated rings. The number of alkyl halides is 10. The molecule has 0 aromatic heterocycles. The Balaban J connectivity index is 4.99. The van der Waals surface area contributed by atoms with Gasteiger partial charge in [0.2, 0.25) is 0 Å². The highest BCUT2D eigenvalue weighted by atomic mass is 32.3. The molecule has 0 bridgehead atoms. The summed E-state index contributed by atoms with van der Waals surface area (Å²) in [6, 6.07) is 0.